The molecule has 4 saturated heterocycles. The molecule has 4 aliphatic rings. The molecule has 22 nitrogen and oxygen atoms in total. The van der Waals surface area contributed by atoms with Crippen LogP contribution in [0, 0.1) is 0 Å². The van der Waals surface area contributed by atoms with E-state index in [0.717, 1.165) is 0 Å². The van der Waals surface area contributed by atoms with Gasteiger partial charge in [-0.1, -0.05) is 0 Å². The maximum Gasteiger partial charge on any atom is 0.695 e. The van der Waals surface area contributed by atoms with Crippen LogP contribution in [0.4, 0.5) is 0 Å². The van der Waals surface area contributed by atoms with Gasteiger partial charge in [0.1, 0.15) is 55.4 Å². The molecular weight excluding hydrogens is 747 g/mol. The second-order valence-electron chi connectivity index (χ2n) is 10.4. The van der Waals surface area contributed by atoms with Gasteiger partial charge in [-0.05, 0) is 0 Å². The minimum Gasteiger partial charge on any atom is -0.373 e. The summed E-state index contributed by atoms with van der Waals surface area (Å²) in [5.41, 5.74) is 0. The van der Waals surface area contributed by atoms with Crippen LogP contribution in [0.15, 0.2) is 0 Å². The first kappa shape index (κ1) is 40.0. The number of rotatable bonds is 20. The molecule has 0 aromatic heterocycles. The van der Waals surface area contributed by atoms with Crippen molar-refractivity contribution < 1.29 is 102 Å². The van der Waals surface area contributed by atoms with Crippen molar-refractivity contribution in [2.45, 2.75) is 74.5 Å². The van der Waals surface area contributed by atoms with Gasteiger partial charge in [0.05, 0.1) is 19.8 Å². The molecule has 0 aromatic rings. The van der Waals surface area contributed by atoms with E-state index in [9.17, 15) is 37.5 Å². The number of phosphoric acid groups is 3. The maximum absolute atomic E-state index is 12.7. The largest absolute Gasteiger partial charge is 0.695 e. The lowest BCUT2D eigenvalue weighted by Gasteiger charge is -2.25. The van der Waals surface area contributed by atoms with E-state index in [1.54, 1.807) is 0 Å². The van der Waals surface area contributed by atoms with Crippen molar-refractivity contribution in [3.63, 3.8) is 0 Å². The van der Waals surface area contributed by atoms with Crippen molar-refractivity contribution in [1.82, 2.24) is 0 Å². The molecule has 5 N–H and O–H groups in total. The molecule has 47 heavy (non-hydrogen) atoms. The minimum absolute atomic E-state index is 0.0507. The molecule has 4 aliphatic heterocycles. The van der Waals surface area contributed by atoms with E-state index in [2.05, 4.69) is 4.52 Å². The fourth-order valence-corrected chi connectivity index (χ4v) is 8.67. The van der Waals surface area contributed by atoms with Gasteiger partial charge in [-0.2, -0.15) is 0 Å². The van der Waals surface area contributed by atoms with Crippen LogP contribution in [-0.4, -0.2) is 126 Å². The third kappa shape index (κ3) is 13.4. The van der Waals surface area contributed by atoms with E-state index >= 15 is 0 Å². The van der Waals surface area contributed by atoms with Crippen molar-refractivity contribution in [2.75, 3.05) is 52.9 Å². The zero-order valence-electron chi connectivity index (χ0n) is 24.5. The number of hydrogen-bond acceptors (Lipinski definition) is 17. The van der Waals surface area contributed by atoms with Gasteiger partial charge in [0, 0.05) is 61.2 Å². The lowest BCUT2D eigenvalue weighted by Crippen LogP contribution is -2.31. The summed E-state index contributed by atoms with van der Waals surface area (Å²) >= 11 is 0. The molecule has 0 radical (unpaired) electrons. The normalized spacial score (nSPS) is 35.8. The summed E-state index contributed by atoms with van der Waals surface area (Å²) in [4.78, 5) is 48.4. The molecule has 0 aliphatic carbocycles. The van der Waals surface area contributed by atoms with Crippen molar-refractivity contribution in [2.24, 2.45) is 0 Å². The van der Waals surface area contributed by atoms with E-state index in [-0.39, 0.29) is 58.7 Å². The zero-order chi connectivity index (χ0) is 34.2. The van der Waals surface area contributed by atoms with Gasteiger partial charge in [0.2, 0.25) is 0 Å². The first-order valence-electron chi connectivity index (χ1n) is 14.2. The van der Waals surface area contributed by atoms with E-state index in [0.29, 0.717) is 0 Å². The van der Waals surface area contributed by atoms with Crippen LogP contribution in [0.3, 0.4) is 0 Å². The van der Waals surface area contributed by atoms with Gasteiger partial charge in [-0.25, -0.2) is 13.7 Å². The molecule has 0 aromatic carbocycles. The summed E-state index contributed by atoms with van der Waals surface area (Å²) < 4.78 is 121. The Kier molecular flexibility index (Phi) is 15.4. The van der Waals surface area contributed by atoms with Crippen LogP contribution in [0.2, 0.25) is 0 Å². The summed E-state index contributed by atoms with van der Waals surface area (Å²) in [7, 11) is -20.1. The van der Waals surface area contributed by atoms with E-state index in [4.69, 9.17) is 60.4 Å². The van der Waals surface area contributed by atoms with Crippen LogP contribution >= 0.6 is 40.0 Å². The lowest BCUT2D eigenvalue weighted by molar-refractivity contribution is -0.0285. The van der Waals surface area contributed by atoms with E-state index in [1.165, 1.54) is 0 Å². The summed E-state index contributed by atoms with van der Waals surface area (Å²) in [6.07, 6.45) is -7.30. The number of hydrogen-bond donors (Lipinski definition) is 5. The Bertz CT molecular complexity index is 1210. The molecule has 5 unspecified atom stereocenters. The highest BCUT2D eigenvalue weighted by Gasteiger charge is 2.44. The molecule has 27 heteroatoms. The molecule has 13 atom stereocenters. The Hall–Kier alpha value is 0.210. The van der Waals surface area contributed by atoms with E-state index in [1.807, 2.05) is 0 Å². The summed E-state index contributed by atoms with van der Waals surface area (Å²) in [5.74, 6) is 0. The highest BCUT2D eigenvalue weighted by molar-refractivity contribution is 7.48. The van der Waals surface area contributed by atoms with Crippen LogP contribution in [-0.2, 0) is 78.0 Å². The predicted octanol–water partition coefficient (Wildman–Crippen LogP) is 1.35. The zero-order valence-corrected chi connectivity index (χ0v) is 29.0. The molecular formula is C20H37O22P5+2. The fourth-order valence-electron chi connectivity index (χ4n) is 4.98. The Morgan fingerprint density at radius 3 is 1.19 bits per heavy atom. The Balaban J connectivity index is 1.20. The van der Waals surface area contributed by atoms with Gasteiger partial charge in [-0.15, -0.1) is 18.8 Å². The molecule has 4 fully saturated rings. The second kappa shape index (κ2) is 18.1. The first-order valence-corrected chi connectivity index (χ1v) is 20.9. The topological polar surface area (TPSA) is 297 Å². The molecule has 4 rings (SSSR count). The van der Waals surface area contributed by atoms with Gasteiger partial charge in [0.15, 0.2) is 0 Å². The third-order valence-electron chi connectivity index (χ3n) is 7.18. The summed E-state index contributed by atoms with van der Waals surface area (Å²) in [6.45, 7) is -1.60. The predicted molar refractivity (Wildman–Crippen MR) is 150 cm³/mol. The highest BCUT2D eigenvalue weighted by Crippen LogP contribution is 2.51. The lowest BCUT2D eigenvalue weighted by atomic mass is 10.2. The maximum atomic E-state index is 12.7. The SMILES string of the molecule is O=[P+](O)OC[C@H]1OCC[C@@H]1OP(=O)(O)OC[C@H]1OCC[C@@H]1OP(=O)(O)OC[C@H]1OCC[C@@H]1OP(=O)(O)OC[C@H]1OCC[C@@H]1O[P+](=O)O. The summed E-state index contributed by atoms with van der Waals surface area (Å²) in [5, 5.41) is 0. The monoisotopic (exact) mass is 784 g/mol. The van der Waals surface area contributed by atoms with Crippen molar-refractivity contribution in [1.29, 1.82) is 0 Å². The average molecular weight is 784 g/mol. The van der Waals surface area contributed by atoms with Gasteiger partial charge in [-0.3, -0.25) is 27.1 Å². The highest BCUT2D eigenvalue weighted by atomic mass is 31.2. The van der Waals surface area contributed by atoms with Crippen molar-refractivity contribution >= 4 is 40.0 Å². The Labute approximate surface area is 269 Å². The number of ether oxygens (including phenoxy) is 4. The Morgan fingerprint density at radius 1 is 0.532 bits per heavy atom. The molecule has 0 spiro atoms. The average Bonchev–Trinajstić information content (AvgIpc) is 3.78. The first-order chi connectivity index (χ1) is 22.1. The van der Waals surface area contributed by atoms with Crippen LogP contribution < -0.4 is 0 Å². The fraction of sp³-hybridized carbons (Fsp3) is 1.00. The smallest absolute Gasteiger partial charge is 0.373 e. The molecule has 0 bridgehead atoms. The second-order valence-corrected chi connectivity index (χ2v) is 16.1. The number of phosphoric ester groups is 3. The van der Waals surface area contributed by atoms with Gasteiger partial charge >= 0.3 is 40.0 Å². The third-order valence-corrected chi connectivity index (χ3v) is 11.0. The molecule has 0 saturated carbocycles. The Morgan fingerprint density at radius 2 is 0.851 bits per heavy atom. The van der Waals surface area contributed by atoms with Crippen molar-refractivity contribution in [3.8, 4) is 0 Å². The quantitative estimate of drug-likeness (QED) is 0.109. The summed E-state index contributed by atoms with van der Waals surface area (Å²) in [6, 6.07) is 0. The van der Waals surface area contributed by atoms with Gasteiger partial charge in [0.25, 0.3) is 0 Å². The van der Waals surface area contributed by atoms with Crippen LogP contribution in [0.25, 0.3) is 0 Å². The van der Waals surface area contributed by atoms with Crippen LogP contribution in [0.1, 0.15) is 25.7 Å². The minimum atomic E-state index is -4.81. The molecule has 4 heterocycles. The molecule has 272 valence electrons. The van der Waals surface area contributed by atoms with Gasteiger partial charge < -0.3 is 33.6 Å². The molecule has 0 amide bonds. The van der Waals surface area contributed by atoms with Crippen LogP contribution in [0.5, 0.6) is 0 Å². The standard InChI is InChI=1S/C20H35O22P5/c21-43(22)35-9-17-14(2-6-31-17)40-46(27,28)37-11-19-16(4-8-33-19)42-47(29,30)38-12-20-15(3-7-34-20)41-45(25,26)36-10-18-13(1-5-32-18)39-44(23)24/h13-20H,1-12H2,(H3-2,21,22,23,24,25,26,27,28,29,30)/p+2/t13-,14-,15-,16-,17+,18+,19+,20+/m0/s1. The van der Waals surface area contributed by atoms with Crippen molar-refractivity contribution in [3.05, 3.63) is 0 Å². The van der Waals surface area contributed by atoms with E-state index < -0.39 is 109 Å².